The normalized spacial score (nSPS) is 18.2. The fraction of sp³-hybridized carbons (Fsp3) is 0.458. The zero-order valence-corrected chi connectivity index (χ0v) is 17.5. The molecule has 5 nitrogen and oxygen atoms in total. The lowest BCUT2D eigenvalue weighted by atomic mass is 10.1. The molecule has 2 saturated heterocycles. The third-order valence-corrected chi connectivity index (χ3v) is 6.02. The fourth-order valence-corrected chi connectivity index (χ4v) is 4.35. The number of anilines is 3. The van der Waals surface area contributed by atoms with Crippen molar-refractivity contribution in [3.8, 4) is 0 Å². The van der Waals surface area contributed by atoms with Gasteiger partial charge < -0.3 is 15.1 Å². The molecule has 0 spiro atoms. The zero-order chi connectivity index (χ0) is 20.8. The Kier molecular flexibility index (Phi) is 6.84. The van der Waals surface area contributed by atoms with Crippen LogP contribution in [-0.2, 0) is 4.79 Å². The first kappa shape index (κ1) is 20.7. The molecule has 0 radical (unpaired) electrons. The highest BCUT2D eigenvalue weighted by molar-refractivity contribution is 5.92. The van der Waals surface area contributed by atoms with E-state index in [4.69, 9.17) is 0 Å². The van der Waals surface area contributed by atoms with Gasteiger partial charge in [-0.3, -0.25) is 9.69 Å². The summed E-state index contributed by atoms with van der Waals surface area (Å²) in [6.45, 7) is 6.10. The average Bonchev–Trinajstić information content (AvgIpc) is 3.01. The quantitative estimate of drug-likeness (QED) is 0.810. The van der Waals surface area contributed by atoms with E-state index in [-0.39, 0.29) is 11.7 Å². The molecule has 2 aliphatic rings. The van der Waals surface area contributed by atoms with Crippen molar-refractivity contribution in [2.24, 2.45) is 0 Å². The summed E-state index contributed by atoms with van der Waals surface area (Å²) < 4.78 is 13.2. The molecule has 30 heavy (non-hydrogen) atoms. The van der Waals surface area contributed by atoms with Crippen molar-refractivity contribution in [2.45, 2.75) is 25.7 Å². The summed E-state index contributed by atoms with van der Waals surface area (Å²) in [5.41, 5.74) is 3.13. The second kappa shape index (κ2) is 9.94. The van der Waals surface area contributed by atoms with Gasteiger partial charge in [-0.25, -0.2) is 4.39 Å². The first-order valence-electron chi connectivity index (χ1n) is 11.1. The van der Waals surface area contributed by atoms with Gasteiger partial charge in [0.1, 0.15) is 5.82 Å². The van der Waals surface area contributed by atoms with Crippen LogP contribution in [0.1, 0.15) is 25.7 Å². The molecule has 0 aliphatic carbocycles. The number of hydrogen-bond donors (Lipinski definition) is 1. The maximum Gasteiger partial charge on any atom is 0.238 e. The van der Waals surface area contributed by atoms with E-state index in [1.165, 1.54) is 37.1 Å². The molecule has 1 amide bonds. The lowest BCUT2D eigenvalue weighted by Gasteiger charge is -2.28. The van der Waals surface area contributed by atoms with Crippen LogP contribution in [0.25, 0.3) is 0 Å². The van der Waals surface area contributed by atoms with E-state index in [2.05, 4.69) is 32.1 Å². The number of hydrogen-bond acceptors (Lipinski definition) is 4. The van der Waals surface area contributed by atoms with Crippen LogP contribution in [0.2, 0.25) is 0 Å². The molecule has 4 rings (SSSR count). The predicted octanol–water partition coefficient (Wildman–Crippen LogP) is 3.97. The van der Waals surface area contributed by atoms with E-state index in [9.17, 15) is 9.18 Å². The number of rotatable bonds is 5. The van der Waals surface area contributed by atoms with E-state index in [1.807, 2.05) is 24.3 Å². The van der Waals surface area contributed by atoms with Crippen LogP contribution >= 0.6 is 0 Å². The van der Waals surface area contributed by atoms with Crippen LogP contribution in [0, 0.1) is 5.82 Å². The van der Waals surface area contributed by atoms with Gasteiger partial charge in [-0.15, -0.1) is 0 Å². The maximum absolute atomic E-state index is 13.2. The van der Waals surface area contributed by atoms with E-state index in [0.29, 0.717) is 6.54 Å². The molecule has 2 aromatic rings. The number of carbonyl (C=O) groups is 1. The Labute approximate surface area is 178 Å². The summed E-state index contributed by atoms with van der Waals surface area (Å²) in [7, 11) is 0. The summed E-state index contributed by atoms with van der Waals surface area (Å²) in [5, 5.41) is 3.03. The van der Waals surface area contributed by atoms with Crippen LogP contribution in [-0.4, -0.2) is 56.6 Å². The summed E-state index contributed by atoms with van der Waals surface area (Å²) >= 11 is 0. The van der Waals surface area contributed by atoms with Crippen LogP contribution in [0.15, 0.2) is 48.5 Å². The molecule has 2 aromatic carbocycles. The minimum Gasteiger partial charge on any atom is -0.372 e. The first-order chi connectivity index (χ1) is 14.7. The summed E-state index contributed by atoms with van der Waals surface area (Å²) in [4.78, 5) is 19.4. The topological polar surface area (TPSA) is 38.8 Å². The Bertz CT molecular complexity index is 818. The van der Waals surface area contributed by atoms with Gasteiger partial charge in [0.25, 0.3) is 0 Å². The SMILES string of the molecule is O=C(CN1CCCN(c2ccc(F)cc2)CC1)Nc1ccc(N2CCCCC2)cc1. The first-order valence-corrected chi connectivity index (χ1v) is 11.1. The van der Waals surface area contributed by atoms with Crippen molar-refractivity contribution in [1.82, 2.24) is 4.90 Å². The van der Waals surface area contributed by atoms with Gasteiger partial charge in [-0.2, -0.15) is 0 Å². The second-order valence-corrected chi connectivity index (χ2v) is 8.24. The lowest BCUT2D eigenvalue weighted by molar-refractivity contribution is -0.117. The number of benzene rings is 2. The highest BCUT2D eigenvalue weighted by atomic mass is 19.1. The number of halogens is 1. The highest BCUT2D eigenvalue weighted by Gasteiger charge is 2.18. The Hall–Kier alpha value is -2.60. The minimum absolute atomic E-state index is 0.0240. The van der Waals surface area contributed by atoms with E-state index < -0.39 is 0 Å². The Morgan fingerprint density at radius 2 is 1.33 bits per heavy atom. The highest BCUT2D eigenvalue weighted by Crippen LogP contribution is 2.22. The second-order valence-electron chi connectivity index (χ2n) is 8.24. The van der Waals surface area contributed by atoms with Crippen molar-refractivity contribution in [1.29, 1.82) is 0 Å². The van der Waals surface area contributed by atoms with Gasteiger partial charge in [0.15, 0.2) is 0 Å². The third kappa shape index (κ3) is 5.51. The molecule has 0 bridgehead atoms. The zero-order valence-electron chi connectivity index (χ0n) is 17.5. The molecule has 2 fully saturated rings. The third-order valence-electron chi connectivity index (χ3n) is 6.02. The number of carbonyl (C=O) groups excluding carboxylic acids is 1. The minimum atomic E-state index is -0.212. The smallest absolute Gasteiger partial charge is 0.238 e. The van der Waals surface area contributed by atoms with E-state index in [1.54, 1.807) is 0 Å². The predicted molar refractivity (Wildman–Crippen MR) is 121 cm³/mol. The van der Waals surface area contributed by atoms with Crippen LogP contribution in [0.4, 0.5) is 21.5 Å². The van der Waals surface area contributed by atoms with Gasteiger partial charge in [0.2, 0.25) is 5.91 Å². The molecule has 6 heteroatoms. The molecule has 0 aromatic heterocycles. The van der Waals surface area contributed by atoms with E-state index >= 15 is 0 Å². The van der Waals surface area contributed by atoms with Gasteiger partial charge in [-0.1, -0.05) is 0 Å². The fourth-order valence-electron chi connectivity index (χ4n) is 4.35. The molecular formula is C24H31FN4O. The van der Waals surface area contributed by atoms with Crippen molar-refractivity contribution in [3.63, 3.8) is 0 Å². The van der Waals surface area contributed by atoms with Gasteiger partial charge >= 0.3 is 0 Å². The Morgan fingerprint density at radius 3 is 2.03 bits per heavy atom. The molecule has 0 saturated carbocycles. The largest absolute Gasteiger partial charge is 0.372 e. The Balaban J connectivity index is 1.26. The molecule has 2 heterocycles. The lowest BCUT2D eigenvalue weighted by Crippen LogP contribution is -2.36. The summed E-state index contributed by atoms with van der Waals surface area (Å²) in [6.07, 6.45) is 4.82. The van der Waals surface area contributed by atoms with Crippen LogP contribution in [0.5, 0.6) is 0 Å². The van der Waals surface area contributed by atoms with Crippen LogP contribution < -0.4 is 15.1 Å². The molecular weight excluding hydrogens is 379 g/mol. The number of nitrogens with zero attached hydrogens (tertiary/aromatic N) is 3. The van der Waals surface area contributed by atoms with E-state index in [0.717, 1.165) is 57.1 Å². The van der Waals surface area contributed by atoms with Crippen molar-refractivity contribution < 1.29 is 9.18 Å². The van der Waals surface area contributed by atoms with Crippen molar-refractivity contribution >= 4 is 23.0 Å². The Morgan fingerprint density at radius 1 is 0.733 bits per heavy atom. The van der Waals surface area contributed by atoms with Crippen molar-refractivity contribution in [2.75, 3.05) is 60.9 Å². The molecule has 0 unspecified atom stereocenters. The van der Waals surface area contributed by atoms with Crippen molar-refractivity contribution in [3.05, 3.63) is 54.3 Å². The molecule has 0 atom stereocenters. The number of piperidine rings is 1. The van der Waals surface area contributed by atoms with Gasteiger partial charge in [0, 0.05) is 56.3 Å². The number of amides is 1. The standard InChI is InChI=1S/C24H31FN4O/c25-20-5-9-22(10-6-20)29-16-4-13-27(17-18-29)19-24(30)26-21-7-11-23(12-8-21)28-14-2-1-3-15-28/h5-12H,1-4,13-19H2,(H,26,30). The monoisotopic (exact) mass is 410 g/mol. The number of nitrogens with one attached hydrogen (secondary N) is 1. The van der Waals surface area contributed by atoms with Crippen LogP contribution in [0.3, 0.4) is 0 Å². The maximum atomic E-state index is 13.2. The van der Waals surface area contributed by atoms with Gasteiger partial charge in [0.05, 0.1) is 6.54 Å². The summed E-state index contributed by atoms with van der Waals surface area (Å²) in [6, 6.07) is 14.9. The molecule has 160 valence electrons. The summed E-state index contributed by atoms with van der Waals surface area (Å²) in [5.74, 6) is -0.188. The van der Waals surface area contributed by atoms with Gasteiger partial charge in [-0.05, 0) is 74.2 Å². The average molecular weight is 411 g/mol. The molecule has 2 aliphatic heterocycles. The molecule has 1 N–H and O–H groups in total.